The minimum Gasteiger partial charge on any atom is -0.466 e. The van der Waals surface area contributed by atoms with Crippen molar-refractivity contribution < 1.29 is 19.1 Å². The van der Waals surface area contributed by atoms with Crippen LogP contribution in [0, 0.1) is 18.3 Å². The smallest absolute Gasteiger partial charge is 0.355 e. The van der Waals surface area contributed by atoms with Gasteiger partial charge in [0.25, 0.3) is 0 Å². The van der Waals surface area contributed by atoms with E-state index in [1.54, 1.807) is 12.1 Å². The lowest BCUT2D eigenvalue weighted by molar-refractivity contribution is -0.139. The predicted molar refractivity (Wildman–Crippen MR) is 128 cm³/mol. The summed E-state index contributed by atoms with van der Waals surface area (Å²) in [6, 6.07) is 22.7. The molecule has 0 saturated carbocycles. The van der Waals surface area contributed by atoms with E-state index >= 15 is 0 Å². The Kier molecular flexibility index (Phi) is 6.07. The second kappa shape index (κ2) is 9.12. The molecule has 0 aromatic heterocycles. The van der Waals surface area contributed by atoms with Crippen molar-refractivity contribution in [3.05, 3.63) is 101 Å². The van der Waals surface area contributed by atoms with Crippen LogP contribution in [-0.4, -0.2) is 26.2 Å². The van der Waals surface area contributed by atoms with Gasteiger partial charge in [0.05, 0.1) is 37.4 Å². The highest BCUT2D eigenvalue weighted by molar-refractivity contribution is 6.06. The van der Waals surface area contributed by atoms with Crippen molar-refractivity contribution in [2.24, 2.45) is 5.73 Å². The first-order valence-corrected chi connectivity index (χ1v) is 10.6. The molecule has 0 bridgehead atoms. The number of nitrogens with zero attached hydrogens (tertiary/aromatic N) is 2. The molecule has 0 spiro atoms. The van der Waals surface area contributed by atoms with E-state index in [2.05, 4.69) is 6.07 Å². The van der Waals surface area contributed by atoms with Crippen molar-refractivity contribution in [1.29, 1.82) is 5.26 Å². The third kappa shape index (κ3) is 3.76. The molecule has 170 valence electrons. The molecule has 1 aliphatic heterocycles. The maximum Gasteiger partial charge on any atom is 0.355 e. The van der Waals surface area contributed by atoms with Gasteiger partial charge in [0.1, 0.15) is 11.5 Å². The summed E-state index contributed by atoms with van der Waals surface area (Å²) in [7, 11) is 2.45. The number of nitriles is 1. The zero-order valence-electron chi connectivity index (χ0n) is 19.0. The largest absolute Gasteiger partial charge is 0.466 e. The van der Waals surface area contributed by atoms with Crippen LogP contribution in [0.2, 0.25) is 0 Å². The summed E-state index contributed by atoms with van der Waals surface area (Å²) in [5.41, 5.74) is 8.67. The molecule has 2 N–H and O–H groups in total. The van der Waals surface area contributed by atoms with Crippen LogP contribution in [0.5, 0.6) is 0 Å². The summed E-state index contributed by atoms with van der Waals surface area (Å²) in [5, 5.41) is 12.1. The van der Waals surface area contributed by atoms with Gasteiger partial charge in [-0.3, -0.25) is 4.90 Å². The van der Waals surface area contributed by atoms with Gasteiger partial charge < -0.3 is 15.2 Å². The molecular formula is C27H23N3O4. The summed E-state index contributed by atoms with van der Waals surface area (Å²) in [6.45, 7) is 1.92. The molecule has 1 atom stereocenters. The van der Waals surface area contributed by atoms with Gasteiger partial charge in [0.2, 0.25) is 0 Å². The Hall–Kier alpha value is -4.57. The monoisotopic (exact) mass is 453 g/mol. The van der Waals surface area contributed by atoms with Gasteiger partial charge in [-0.05, 0) is 35.4 Å². The maximum atomic E-state index is 13.2. The van der Waals surface area contributed by atoms with Crippen LogP contribution in [0.4, 0.5) is 5.69 Å². The number of ether oxygens (including phenoxy) is 2. The van der Waals surface area contributed by atoms with Gasteiger partial charge in [-0.15, -0.1) is 0 Å². The summed E-state index contributed by atoms with van der Waals surface area (Å²) < 4.78 is 10.1. The molecular weight excluding hydrogens is 430 g/mol. The Labute approximate surface area is 197 Å². The van der Waals surface area contributed by atoms with Gasteiger partial charge in [0, 0.05) is 5.69 Å². The van der Waals surface area contributed by atoms with E-state index in [9.17, 15) is 14.9 Å². The Morgan fingerprint density at radius 1 is 0.941 bits per heavy atom. The van der Waals surface area contributed by atoms with Gasteiger partial charge >= 0.3 is 11.9 Å². The number of hydrogen-bond acceptors (Lipinski definition) is 7. The maximum absolute atomic E-state index is 13.2. The fourth-order valence-electron chi connectivity index (χ4n) is 4.22. The van der Waals surface area contributed by atoms with Crippen LogP contribution in [0.25, 0.3) is 10.8 Å². The Morgan fingerprint density at radius 3 is 2.21 bits per heavy atom. The van der Waals surface area contributed by atoms with Crippen LogP contribution in [0.1, 0.15) is 17.0 Å². The van der Waals surface area contributed by atoms with E-state index in [1.807, 2.05) is 61.5 Å². The van der Waals surface area contributed by atoms with Crippen molar-refractivity contribution in [1.82, 2.24) is 0 Å². The van der Waals surface area contributed by atoms with Crippen LogP contribution in [0.15, 0.2) is 89.4 Å². The highest BCUT2D eigenvalue weighted by Crippen LogP contribution is 2.43. The predicted octanol–water partition coefficient (Wildman–Crippen LogP) is 4.05. The van der Waals surface area contributed by atoms with Crippen LogP contribution >= 0.6 is 0 Å². The molecule has 1 heterocycles. The summed E-state index contributed by atoms with van der Waals surface area (Å²) in [4.78, 5) is 27.6. The Morgan fingerprint density at radius 2 is 1.59 bits per heavy atom. The van der Waals surface area contributed by atoms with Crippen molar-refractivity contribution in [3.8, 4) is 6.07 Å². The average Bonchev–Trinajstić information content (AvgIpc) is 2.87. The van der Waals surface area contributed by atoms with Gasteiger partial charge in [0.15, 0.2) is 0 Å². The first kappa shape index (κ1) is 22.6. The summed E-state index contributed by atoms with van der Waals surface area (Å²) >= 11 is 0. The lowest BCUT2D eigenvalue weighted by atomic mass is 9.80. The minimum atomic E-state index is -0.919. The number of aryl methyl sites for hydroxylation is 1. The van der Waals surface area contributed by atoms with E-state index in [0.717, 1.165) is 16.3 Å². The lowest BCUT2D eigenvalue weighted by Gasteiger charge is -2.36. The van der Waals surface area contributed by atoms with Gasteiger partial charge in [-0.1, -0.05) is 60.2 Å². The number of anilines is 1. The second-order valence-corrected chi connectivity index (χ2v) is 7.87. The number of carbonyl (C=O) groups excluding carboxylic acids is 2. The number of rotatable bonds is 4. The molecule has 34 heavy (non-hydrogen) atoms. The van der Waals surface area contributed by atoms with E-state index in [4.69, 9.17) is 15.2 Å². The summed E-state index contributed by atoms with van der Waals surface area (Å²) in [6.07, 6.45) is 0. The lowest BCUT2D eigenvalue weighted by Crippen LogP contribution is -2.40. The molecule has 3 aromatic rings. The van der Waals surface area contributed by atoms with Gasteiger partial charge in [-0.25, -0.2) is 9.59 Å². The van der Waals surface area contributed by atoms with E-state index in [-0.39, 0.29) is 22.7 Å². The molecule has 0 saturated heterocycles. The van der Waals surface area contributed by atoms with Gasteiger partial charge in [-0.2, -0.15) is 5.26 Å². The SMILES string of the molecule is COC(=O)C1=C(C(=O)OC)N(c2ccc(C)cc2)C(N)=C(C#N)C1c1ccc2ccccc2c1. The number of allylic oxidation sites excluding steroid dienone is 1. The molecule has 1 unspecified atom stereocenters. The number of benzene rings is 3. The fourth-order valence-corrected chi connectivity index (χ4v) is 4.22. The zero-order chi connectivity index (χ0) is 24.4. The zero-order valence-corrected chi connectivity index (χ0v) is 19.0. The Bertz CT molecular complexity index is 1400. The minimum absolute atomic E-state index is 0.0176. The molecule has 7 heteroatoms. The number of fused-ring (bicyclic) bond motifs is 1. The Balaban J connectivity index is 2.06. The average molecular weight is 453 g/mol. The van der Waals surface area contributed by atoms with E-state index < -0.39 is 17.9 Å². The molecule has 7 nitrogen and oxygen atoms in total. The normalized spacial score (nSPS) is 15.8. The van der Waals surface area contributed by atoms with Crippen molar-refractivity contribution >= 4 is 28.4 Å². The molecule has 0 fully saturated rings. The molecule has 4 rings (SSSR count). The van der Waals surface area contributed by atoms with Crippen LogP contribution in [-0.2, 0) is 19.1 Å². The topological polar surface area (TPSA) is 106 Å². The van der Waals surface area contributed by atoms with Crippen molar-refractivity contribution in [2.75, 3.05) is 19.1 Å². The highest BCUT2D eigenvalue weighted by Gasteiger charge is 2.43. The molecule has 0 amide bonds. The number of hydrogen-bond donors (Lipinski definition) is 1. The second-order valence-electron chi connectivity index (χ2n) is 7.87. The number of methoxy groups -OCH3 is 2. The van der Waals surface area contributed by atoms with Crippen LogP contribution < -0.4 is 10.6 Å². The quantitative estimate of drug-likeness (QED) is 0.594. The standard InChI is InChI=1S/C27H23N3O4/c1-16-8-12-20(13-9-16)30-24(27(32)34-3)23(26(31)33-2)22(21(15-28)25(30)29)19-11-10-17-6-4-5-7-18(17)14-19/h4-14,22H,29H2,1-3H3. The highest BCUT2D eigenvalue weighted by atomic mass is 16.5. The summed E-state index contributed by atoms with van der Waals surface area (Å²) in [5.74, 6) is -2.40. The number of esters is 2. The molecule has 0 aliphatic carbocycles. The van der Waals surface area contributed by atoms with Crippen molar-refractivity contribution in [3.63, 3.8) is 0 Å². The van der Waals surface area contributed by atoms with E-state index in [0.29, 0.717) is 11.3 Å². The van der Waals surface area contributed by atoms with Crippen molar-refractivity contribution in [2.45, 2.75) is 12.8 Å². The number of nitrogens with two attached hydrogens (primary N) is 1. The first-order chi connectivity index (χ1) is 16.4. The first-order valence-electron chi connectivity index (χ1n) is 10.6. The number of carbonyl (C=O) groups is 2. The molecule has 0 radical (unpaired) electrons. The molecule has 3 aromatic carbocycles. The van der Waals surface area contributed by atoms with E-state index in [1.165, 1.54) is 19.1 Å². The molecule has 1 aliphatic rings. The third-order valence-corrected chi connectivity index (χ3v) is 5.88. The van der Waals surface area contributed by atoms with Crippen LogP contribution in [0.3, 0.4) is 0 Å². The third-order valence-electron chi connectivity index (χ3n) is 5.88. The fraction of sp³-hybridized carbons (Fsp3) is 0.148.